The zero-order valence-corrected chi connectivity index (χ0v) is 15.7. The first-order valence-corrected chi connectivity index (χ1v) is 9.17. The largest absolute Gasteiger partial charge is 0.286 e. The number of allylic oxidation sites excluding steroid dienone is 5. The molecule has 0 saturated heterocycles. The lowest BCUT2D eigenvalue weighted by Gasteiger charge is -2.26. The zero-order chi connectivity index (χ0) is 18.7. The van der Waals surface area contributed by atoms with Crippen LogP contribution in [0, 0.1) is 5.41 Å². The average Bonchev–Trinajstić information content (AvgIpc) is 3.09. The summed E-state index contributed by atoms with van der Waals surface area (Å²) in [5.74, 6) is 0.858. The Morgan fingerprint density at radius 2 is 1.59 bits per heavy atom. The molecule has 2 aromatic carbocycles. The second kappa shape index (κ2) is 7.12. The van der Waals surface area contributed by atoms with Crippen molar-refractivity contribution in [2.45, 2.75) is 13.8 Å². The van der Waals surface area contributed by atoms with Gasteiger partial charge in [-0.1, -0.05) is 68.5 Å². The van der Waals surface area contributed by atoms with E-state index in [2.05, 4.69) is 90.1 Å². The highest BCUT2D eigenvalue weighted by atomic mass is 15.3. The highest BCUT2D eigenvalue weighted by molar-refractivity contribution is 5.67. The van der Waals surface area contributed by atoms with E-state index in [4.69, 9.17) is 4.98 Å². The zero-order valence-electron chi connectivity index (χ0n) is 15.7. The summed E-state index contributed by atoms with van der Waals surface area (Å²) in [7, 11) is 0. The Morgan fingerprint density at radius 1 is 0.889 bits per heavy atom. The van der Waals surface area contributed by atoms with Crippen LogP contribution >= 0.6 is 0 Å². The fourth-order valence-corrected chi connectivity index (χ4v) is 3.16. The van der Waals surface area contributed by atoms with Crippen LogP contribution in [0.15, 0.2) is 109 Å². The fraction of sp³-hybridized carbons (Fsp3) is 0.125. The van der Waals surface area contributed by atoms with Gasteiger partial charge in [0.15, 0.2) is 0 Å². The number of rotatable bonds is 4. The number of benzene rings is 2. The van der Waals surface area contributed by atoms with E-state index < -0.39 is 0 Å². The summed E-state index contributed by atoms with van der Waals surface area (Å²) >= 11 is 0. The van der Waals surface area contributed by atoms with Crippen LogP contribution in [-0.2, 0) is 0 Å². The summed E-state index contributed by atoms with van der Waals surface area (Å²) in [5, 5.41) is 0. The Bertz CT molecular complexity index is 992. The molecule has 4 rings (SSSR count). The summed E-state index contributed by atoms with van der Waals surface area (Å²) < 4.78 is 2.11. The first-order chi connectivity index (χ1) is 13.1. The molecule has 0 N–H and O–H groups in total. The third-order valence-corrected chi connectivity index (χ3v) is 4.60. The minimum Gasteiger partial charge on any atom is -0.286 e. The van der Waals surface area contributed by atoms with Gasteiger partial charge in [-0.05, 0) is 36.4 Å². The smallest absolute Gasteiger partial charge is 0.219 e. The number of hydrogen-bond acceptors (Lipinski definition) is 2. The van der Waals surface area contributed by atoms with Crippen LogP contribution in [0.1, 0.15) is 13.8 Å². The van der Waals surface area contributed by atoms with Gasteiger partial charge in [-0.25, -0.2) is 4.98 Å². The van der Waals surface area contributed by atoms with Gasteiger partial charge < -0.3 is 0 Å². The molecule has 0 amide bonds. The van der Waals surface area contributed by atoms with Crippen molar-refractivity contribution in [1.82, 2.24) is 9.55 Å². The van der Waals surface area contributed by atoms with Crippen molar-refractivity contribution in [3.05, 3.63) is 109 Å². The molecule has 0 fully saturated rings. The second-order valence-corrected chi connectivity index (χ2v) is 7.21. The third kappa shape index (κ3) is 3.63. The van der Waals surface area contributed by atoms with Gasteiger partial charge in [-0.3, -0.25) is 9.47 Å². The summed E-state index contributed by atoms with van der Waals surface area (Å²) in [6.45, 7) is 4.41. The molecule has 0 radical (unpaired) electrons. The number of imidazole rings is 1. The van der Waals surface area contributed by atoms with E-state index >= 15 is 0 Å². The Hall–Kier alpha value is -3.33. The molecule has 3 nitrogen and oxygen atoms in total. The first kappa shape index (κ1) is 17.1. The summed E-state index contributed by atoms with van der Waals surface area (Å²) in [6.07, 6.45) is 14.7. The molecule has 1 aliphatic carbocycles. The first-order valence-electron chi connectivity index (χ1n) is 9.17. The van der Waals surface area contributed by atoms with Crippen molar-refractivity contribution in [1.29, 1.82) is 0 Å². The third-order valence-electron chi connectivity index (χ3n) is 4.60. The summed E-state index contributed by atoms with van der Waals surface area (Å²) in [4.78, 5) is 6.89. The lowest BCUT2D eigenvalue weighted by atomic mass is 9.93. The van der Waals surface area contributed by atoms with Gasteiger partial charge in [0.25, 0.3) is 0 Å². The molecule has 0 aliphatic heterocycles. The standard InChI is InChI=1S/C24H23N3/c1-24(2)16-9-14-22(15-17-24)27(21-12-7-4-8-13-21)23-25-18-19-26(23)20-10-5-3-6-11-20/h3-19H,1-2H3. The minimum atomic E-state index is 0.0233. The van der Waals surface area contributed by atoms with E-state index in [0.717, 1.165) is 23.0 Å². The number of aromatic nitrogens is 2. The van der Waals surface area contributed by atoms with Crippen molar-refractivity contribution in [2.75, 3.05) is 4.90 Å². The topological polar surface area (TPSA) is 21.1 Å². The molecule has 1 heterocycles. The normalized spacial score (nSPS) is 15.3. The molecule has 0 atom stereocenters. The maximum Gasteiger partial charge on any atom is 0.219 e. The molecule has 1 aliphatic rings. The summed E-state index contributed by atoms with van der Waals surface area (Å²) in [6, 6.07) is 20.7. The van der Waals surface area contributed by atoms with E-state index in [1.165, 1.54) is 0 Å². The van der Waals surface area contributed by atoms with Crippen LogP contribution in [-0.4, -0.2) is 9.55 Å². The van der Waals surface area contributed by atoms with Gasteiger partial charge in [-0.15, -0.1) is 0 Å². The predicted molar refractivity (Wildman–Crippen MR) is 112 cm³/mol. The van der Waals surface area contributed by atoms with Gasteiger partial charge in [-0.2, -0.15) is 0 Å². The highest BCUT2D eigenvalue weighted by Crippen LogP contribution is 2.33. The maximum absolute atomic E-state index is 4.70. The lowest BCUT2D eigenvalue weighted by Crippen LogP contribution is -2.19. The van der Waals surface area contributed by atoms with E-state index in [1.54, 1.807) is 0 Å². The Morgan fingerprint density at radius 3 is 2.33 bits per heavy atom. The van der Waals surface area contributed by atoms with Crippen LogP contribution in [0.25, 0.3) is 5.69 Å². The van der Waals surface area contributed by atoms with Crippen molar-refractivity contribution in [2.24, 2.45) is 5.41 Å². The second-order valence-electron chi connectivity index (χ2n) is 7.21. The van der Waals surface area contributed by atoms with E-state index in [-0.39, 0.29) is 5.41 Å². The van der Waals surface area contributed by atoms with Crippen LogP contribution in [0.3, 0.4) is 0 Å². The van der Waals surface area contributed by atoms with Crippen molar-refractivity contribution < 1.29 is 0 Å². The van der Waals surface area contributed by atoms with Crippen molar-refractivity contribution >= 4 is 11.6 Å². The predicted octanol–water partition coefficient (Wildman–Crippen LogP) is 6.05. The molecule has 27 heavy (non-hydrogen) atoms. The maximum atomic E-state index is 4.70. The Labute approximate surface area is 160 Å². The molecule has 0 spiro atoms. The van der Waals surface area contributed by atoms with Crippen molar-refractivity contribution in [3.63, 3.8) is 0 Å². The Kier molecular flexibility index (Phi) is 4.51. The molecular formula is C24H23N3. The fourth-order valence-electron chi connectivity index (χ4n) is 3.16. The van der Waals surface area contributed by atoms with Crippen molar-refractivity contribution in [3.8, 4) is 5.69 Å². The van der Waals surface area contributed by atoms with E-state index in [1.807, 2.05) is 36.7 Å². The van der Waals surface area contributed by atoms with Crippen LogP contribution < -0.4 is 4.90 Å². The molecule has 3 aromatic rings. The molecule has 0 saturated carbocycles. The monoisotopic (exact) mass is 353 g/mol. The Balaban J connectivity index is 1.86. The minimum absolute atomic E-state index is 0.0233. The van der Waals surface area contributed by atoms with Crippen LogP contribution in [0.2, 0.25) is 0 Å². The molecule has 3 heteroatoms. The highest BCUT2D eigenvalue weighted by Gasteiger charge is 2.20. The molecular weight excluding hydrogens is 330 g/mol. The number of anilines is 2. The number of nitrogens with zero attached hydrogens (tertiary/aromatic N) is 3. The van der Waals surface area contributed by atoms with Gasteiger partial charge in [0, 0.05) is 34.9 Å². The number of hydrogen-bond donors (Lipinski definition) is 0. The van der Waals surface area contributed by atoms with E-state index in [9.17, 15) is 0 Å². The average molecular weight is 353 g/mol. The van der Waals surface area contributed by atoms with Gasteiger partial charge in [0.2, 0.25) is 5.95 Å². The van der Waals surface area contributed by atoms with Crippen LogP contribution in [0.4, 0.5) is 11.6 Å². The van der Waals surface area contributed by atoms with Gasteiger partial charge >= 0.3 is 0 Å². The molecule has 0 bridgehead atoms. The SMILES string of the molecule is CC1(C)C=CC=C(N(c2ccccc2)c2nccn2-c2ccccc2)C=C1. The van der Waals surface area contributed by atoms with Crippen LogP contribution in [0.5, 0.6) is 0 Å². The molecule has 0 unspecified atom stereocenters. The lowest BCUT2D eigenvalue weighted by molar-refractivity contribution is 0.627. The summed E-state index contributed by atoms with van der Waals surface area (Å²) in [5.41, 5.74) is 3.26. The van der Waals surface area contributed by atoms with Gasteiger partial charge in [0.1, 0.15) is 0 Å². The molecule has 134 valence electrons. The quantitative estimate of drug-likeness (QED) is 0.569. The molecule has 1 aromatic heterocycles. The van der Waals surface area contributed by atoms with E-state index in [0.29, 0.717) is 0 Å². The van der Waals surface area contributed by atoms with Gasteiger partial charge in [0.05, 0.1) is 0 Å². The number of para-hydroxylation sites is 2.